The first-order valence-electron chi connectivity index (χ1n) is 6.65. The van der Waals surface area contributed by atoms with E-state index in [1.807, 2.05) is 0 Å². The summed E-state index contributed by atoms with van der Waals surface area (Å²) < 4.78 is 0. The third-order valence-corrected chi connectivity index (χ3v) is 4.38. The van der Waals surface area contributed by atoms with Crippen LogP contribution in [0.2, 0.25) is 0 Å². The van der Waals surface area contributed by atoms with E-state index in [9.17, 15) is 4.79 Å². The summed E-state index contributed by atoms with van der Waals surface area (Å²) in [4.78, 5) is 14.4. The second kappa shape index (κ2) is 5.85. The van der Waals surface area contributed by atoms with E-state index >= 15 is 0 Å². The Bertz CT molecular complexity index is 412. The number of amides is 1. The van der Waals surface area contributed by atoms with Crippen molar-refractivity contribution in [2.75, 3.05) is 0 Å². The number of hydrogen-bond donors (Lipinski definition) is 2. The lowest BCUT2D eigenvalue weighted by Crippen LogP contribution is -2.38. The molecule has 0 radical (unpaired) electrons. The second-order valence-electron chi connectivity index (χ2n) is 5.39. The van der Waals surface area contributed by atoms with Crippen molar-refractivity contribution in [2.24, 2.45) is 11.7 Å². The molecule has 2 atom stereocenters. The molecule has 0 aliphatic heterocycles. The Balaban J connectivity index is 1.72. The van der Waals surface area contributed by atoms with Crippen molar-refractivity contribution < 1.29 is 4.79 Å². The standard InChI is InChI=1S/C14H22N2OS/c1-9(7-12-6-3-10(2)18-12)16-14(17)8-13(15)11-4-5-11/h3,6,9,11,13H,4-5,7-8,15H2,1-2H3,(H,16,17). The molecule has 0 saturated heterocycles. The van der Waals surface area contributed by atoms with Crippen LogP contribution >= 0.6 is 11.3 Å². The molecule has 3 nitrogen and oxygen atoms in total. The highest BCUT2D eigenvalue weighted by atomic mass is 32.1. The summed E-state index contributed by atoms with van der Waals surface area (Å²) in [6.45, 7) is 4.15. The third kappa shape index (κ3) is 4.10. The largest absolute Gasteiger partial charge is 0.353 e. The molecule has 1 aliphatic rings. The Hall–Kier alpha value is -0.870. The molecule has 0 aromatic carbocycles. The number of carbonyl (C=O) groups excluding carboxylic acids is 1. The van der Waals surface area contributed by atoms with Gasteiger partial charge in [-0.25, -0.2) is 0 Å². The first-order valence-corrected chi connectivity index (χ1v) is 7.46. The van der Waals surface area contributed by atoms with Gasteiger partial charge >= 0.3 is 0 Å². The van der Waals surface area contributed by atoms with Crippen molar-refractivity contribution in [2.45, 2.75) is 51.6 Å². The molecule has 1 heterocycles. The van der Waals surface area contributed by atoms with E-state index < -0.39 is 0 Å². The number of rotatable bonds is 6. The van der Waals surface area contributed by atoms with Gasteiger partial charge in [0.05, 0.1) is 0 Å². The van der Waals surface area contributed by atoms with Gasteiger partial charge in [-0.05, 0) is 44.7 Å². The maximum absolute atomic E-state index is 11.8. The molecule has 100 valence electrons. The fourth-order valence-corrected chi connectivity index (χ4v) is 3.21. The van der Waals surface area contributed by atoms with Crippen molar-refractivity contribution in [1.82, 2.24) is 5.32 Å². The predicted molar refractivity (Wildman–Crippen MR) is 75.7 cm³/mol. The highest BCUT2D eigenvalue weighted by Gasteiger charge is 2.29. The average Bonchev–Trinajstić information content (AvgIpc) is 3.03. The zero-order valence-corrected chi connectivity index (χ0v) is 11.9. The number of aryl methyl sites for hydroxylation is 1. The van der Waals surface area contributed by atoms with Crippen molar-refractivity contribution in [3.63, 3.8) is 0 Å². The molecule has 1 fully saturated rings. The number of carbonyl (C=O) groups is 1. The maximum Gasteiger partial charge on any atom is 0.221 e. The molecule has 18 heavy (non-hydrogen) atoms. The fraction of sp³-hybridized carbons (Fsp3) is 0.643. The van der Waals surface area contributed by atoms with E-state index in [-0.39, 0.29) is 18.0 Å². The minimum atomic E-state index is 0.0567. The van der Waals surface area contributed by atoms with Crippen LogP contribution in [0.4, 0.5) is 0 Å². The topological polar surface area (TPSA) is 55.1 Å². The zero-order valence-electron chi connectivity index (χ0n) is 11.1. The quantitative estimate of drug-likeness (QED) is 0.829. The molecule has 3 N–H and O–H groups in total. The van der Waals surface area contributed by atoms with Crippen LogP contribution in [-0.2, 0) is 11.2 Å². The molecule has 2 rings (SSSR count). The summed E-state index contributed by atoms with van der Waals surface area (Å²) in [5.41, 5.74) is 5.95. The van der Waals surface area contributed by atoms with Gasteiger partial charge in [0.25, 0.3) is 0 Å². The summed E-state index contributed by atoms with van der Waals surface area (Å²) in [6, 6.07) is 4.50. The first kappa shape index (κ1) is 13.6. The molecule has 2 unspecified atom stereocenters. The highest BCUT2D eigenvalue weighted by Crippen LogP contribution is 2.32. The van der Waals surface area contributed by atoms with E-state index in [0.717, 1.165) is 6.42 Å². The van der Waals surface area contributed by atoms with Gasteiger partial charge in [0.1, 0.15) is 0 Å². The van der Waals surface area contributed by atoms with Crippen molar-refractivity contribution in [3.8, 4) is 0 Å². The van der Waals surface area contributed by atoms with Crippen LogP contribution in [0.3, 0.4) is 0 Å². The Morgan fingerprint density at radius 1 is 1.56 bits per heavy atom. The molecule has 1 aromatic heterocycles. The smallest absolute Gasteiger partial charge is 0.221 e. The van der Waals surface area contributed by atoms with E-state index in [0.29, 0.717) is 12.3 Å². The Kier molecular flexibility index (Phi) is 4.40. The molecule has 0 bridgehead atoms. The lowest BCUT2D eigenvalue weighted by Gasteiger charge is -2.15. The summed E-state index contributed by atoms with van der Waals surface area (Å²) in [5.74, 6) is 0.682. The molecular weight excluding hydrogens is 244 g/mol. The van der Waals surface area contributed by atoms with Crippen molar-refractivity contribution in [3.05, 3.63) is 21.9 Å². The summed E-state index contributed by atoms with van der Waals surface area (Å²) in [5, 5.41) is 3.04. The normalized spacial score (nSPS) is 18.4. The molecular formula is C14H22N2OS. The minimum absolute atomic E-state index is 0.0567. The predicted octanol–water partition coefficient (Wildman–Crippen LogP) is 2.23. The third-order valence-electron chi connectivity index (χ3n) is 3.36. The summed E-state index contributed by atoms with van der Waals surface area (Å²) >= 11 is 1.80. The number of thiophene rings is 1. The van der Waals surface area contributed by atoms with Gasteiger partial charge < -0.3 is 11.1 Å². The highest BCUT2D eigenvalue weighted by molar-refractivity contribution is 7.11. The van der Waals surface area contributed by atoms with E-state index in [1.165, 1.54) is 22.6 Å². The number of nitrogens with one attached hydrogen (secondary N) is 1. The van der Waals surface area contributed by atoms with Gasteiger partial charge in [-0.3, -0.25) is 4.79 Å². The van der Waals surface area contributed by atoms with Crippen LogP contribution in [-0.4, -0.2) is 18.0 Å². The Morgan fingerprint density at radius 2 is 2.28 bits per heavy atom. The van der Waals surface area contributed by atoms with E-state index in [4.69, 9.17) is 5.73 Å². The van der Waals surface area contributed by atoms with Crippen LogP contribution in [0.15, 0.2) is 12.1 Å². The minimum Gasteiger partial charge on any atom is -0.353 e. The number of hydrogen-bond acceptors (Lipinski definition) is 3. The zero-order chi connectivity index (χ0) is 13.1. The lowest BCUT2D eigenvalue weighted by atomic mass is 10.1. The molecule has 4 heteroatoms. The fourth-order valence-electron chi connectivity index (χ4n) is 2.19. The monoisotopic (exact) mass is 266 g/mol. The van der Waals surface area contributed by atoms with E-state index in [2.05, 4.69) is 31.3 Å². The van der Waals surface area contributed by atoms with Crippen LogP contribution in [0.5, 0.6) is 0 Å². The first-order chi connectivity index (χ1) is 8.54. The van der Waals surface area contributed by atoms with Crippen molar-refractivity contribution >= 4 is 17.2 Å². The van der Waals surface area contributed by atoms with Gasteiger partial charge in [-0.15, -0.1) is 11.3 Å². The summed E-state index contributed by atoms with van der Waals surface area (Å²) in [7, 11) is 0. The van der Waals surface area contributed by atoms with E-state index in [1.54, 1.807) is 11.3 Å². The lowest BCUT2D eigenvalue weighted by molar-refractivity contribution is -0.122. The molecule has 1 saturated carbocycles. The van der Waals surface area contributed by atoms with Gasteiger partial charge in [0.15, 0.2) is 0 Å². The van der Waals surface area contributed by atoms with Gasteiger partial charge in [0.2, 0.25) is 5.91 Å². The molecule has 1 aromatic rings. The van der Waals surface area contributed by atoms with Gasteiger partial charge in [-0.2, -0.15) is 0 Å². The van der Waals surface area contributed by atoms with Crippen LogP contribution < -0.4 is 11.1 Å². The molecule has 1 aliphatic carbocycles. The van der Waals surface area contributed by atoms with Crippen LogP contribution in [0, 0.1) is 12.8 Å². The van der Waals surface area contributed by atoms with Crippen molar-refractivity contribution in [1.29, 1.82) is 0 Å². The summed E-state index contributed by atoms with van der Waals surface area (Å²) in [6.07, 6.45) is 3.76. The van der Waals surface area contributed by atoms with Gasteiger partial charge in [0, 0.05) is 34.7 Å². The Morgan fingerprint density at radius 3 is 2.83 bits per heavy atom. The molecule has 0 spiro atoms. The van der Waals surface area contributed by atoms with Crippen LogP contribution in [0.1, 0.15) is 35.9 Å². The Labute approximate surface area is 113 Å². The second-order valence-corrected chi connectivity index (χ2v) is 6.76. The number of nitrogens with two attached hydrogens (primary N) is 1. The maximum atomic E-state index is 11.8. The average molecular weight is 266 g/mol. The van der Waals surface area contributed by atoms with Gasteiger partial charge in [-0.1, -0.05) is 0 Å². The molecule has 1 amide bonds. The SMILES string of the molecule is Cc1ccc(CC(C)NC(=O)CC(N)C2CC2)s1. The van der Waals surface area contributed by atoms with Crippen LogP contribution in [0.25, 0.3) is 0 Å².